The molecule has 1 heterocycles. The smallest absolute Gasteiger partial charge is 0.223 e. The molecule has 0 saturated carbocycles. The van der Waals surface area contributed by atoms with E-state index in [0.29, 0.717) is 18.9 Å². The molecule has 4 rings (SSSR count). The third kappa shape index (κ3) is 3.16. The number of aromatic nitrogens is 2. The standard InChI is InChI=1S/C21H23N3O/c1-14-7-10-18-19(11-14)23-20(22-18)13-24(2)21(25)12-16-9-8-15-5-3-4-6-17(15)16/h3-7,10-11,16H,8-9,12-13H2,1-2H3,(H,22,23). The van der Waals surface area contributed by atoms with Crippen molar-refractivity contribution in [2.24, 2.45) is 0 Å². The summed E-state index contributed by atoms with van der Waals surface area (Å²) in [5.41, 5.74) is 5.93. The number of benzene rings is 2. The van der Waals surface area contributed by atoms with Crippen molar-refractivity contribution in [2.75, 3.05) is 7.05 Å². The summed E-state index contributed by atoms with van der Waals surface area (Å²) in [4.78, 5) is 22.4. The van der Waals surface area contributed by atoms with Gasteiger partial charge in [0.1, 0.15) is 5.82 Å². The predicted molar refractivity (Wildman–Crippen MR) is 99.4 cm³/mol. The number of fused-ring (bicyclic) bond motifs is 2. The van der Waals surface area contributed by atoms with Gasteiger partial charge in [-0.1, -0.05) is 30.3 Å². The summed E-state index contributed by atoms with van der Waals surface area (Å²) in [6, 6.07) is 14.7. The molecule has 0 saturated heterocycles. The molecule has 0 radical (unpaired) electrons. The number of hydrogen-bond acceptors (Lipinski definition) is 2. The average Bonchev–Trinajstić information content (AvgIpc) is 3.18. The topological polar surface area (TPSA) is 49.0 Å². The monoisotopic (exact) mass is 333 g/mol. The van der Waals surface area contributed by atoms with E-state index in [1.807, 2.05) is 13.1 Å². The van der Waals surface area contributed by atoms with Gasteiger partial charge in [-0.2, -0.15) is 0 Å². The summed E-state index contributed by atoms with van der Waals surface area (Å²) in [7, 11) is 1.86. The van der Waals surface area contributed by atoms with E-state index in [1.54, 1.807) is 4.90 Å². The lowest BCUT2D eigenvalue weighted by Crippen LogP contribution is -2.27. The molecule has 3 aromatic rings. The third-order valence-corrected chi connectivity index (χ3v) is 5.18. The van der Waals surface area contributed by atoms with E-state index in [0.717, 1.165) is 29.7 Å². The van der Waals surface area contributed by atoms with Gasteiger partial charge >= 0.3 is 0 Å². The molecule has 0 fully saturated rings. The molecule has 1 amide bonds. The van der Waals surface area contributed by atoms with E-state index >= 15 is 0 Å². The Morgan fingerprint density at radius 2 is 2.12 bits per heavy atom. The number of hydrogen-bond donors (Lipinski definition) is 1. The second kappa shape index (κ2) is 6.36. The minimum Gasteiger partial charge on any atom is -0.340 e. The molecule has 1 aliphatic carbocycles. The Hall–Kier alpha value is -2.62. The molecule has 4 nitrogen and oxygen atoms in total. The minimum absolute atomic E-state index is 0.179. The first-order valence-corrected chi connectivity index (χ1v) is 8.87. The first-order chi connectivity index (χ1) is 12.1. The fraction of sp³-hybridized carbons (Fsp3) is 0.333. The number of imidazole rings is 1. The van der Waals surface area contributed by atoms with Crippen molar-refractivity contribution >= 4 is 16.9 Å². The molecule has 0 aliphatic heterocycles. The molecule has 0 bridgehead atoms. The largest absolute Gasteiger partial charge is 0.340 e. The maximum atomic E-state index is 12.7. The molecular formula is C21H23N3O. The van der Waals surface area contributed by atoms with Gasteiger partial charge in [-0.15, -0.1) is 0 Å². The number of nitrogens with zero attached hydrogens (tertiary/aromatic N) is 2. The van der Waals surface area contributed by atoms with Crippen LogP contribution in [0.5, 0.6) is 0 Å². The zero-order chi connectivity index (χ0) is 17.4. The zero-order valence-corrected chi connectivity index (χ0v) is 14.7. The summed E-state index contributed by atoms with van der Waals surface area (Å²) >= 11 is 0. The van der Waals surface area contributed by atoms with E-state index in [2.05, 4.69) is 53.3 Å². The number of rotatable bonds is 4. The average molecular weight is 333 g/mol. The van der Waals surface area contributed by atoms with Crippen LogP contribution in [0.1, 0.15) is 41.3 Å². The Kier molecular flexibility index (Phi) is 4.04. The van der Waals surface area contributed by atoms with E-state index in [4.69, 9.17) is 0 Å². The van der Waals surface area contributed by atoms with Crippen LogP contribution in [0.15, 0.2) is 42.5 Å². The van der Waals surface area contributed by atoms with E-state index in [1.165, 1.54) is 16.7 Å². The highest BCUT2D eigenvalue weighted by Gasteiger charge is 2.25. The first kappa shape index (κ1) is 15.9. The van der Waals surface area contributed by atoms with Crippen LogP contribution >= 0.6 is 0 Å². The lowest BCUT2D eigenvalue weighted by molar-refractivity contribution is -0.130. The van der Waals surface area contributed by atoms with Crippen molar-refractivity contribution in [3.63, 3.8) is 0 Å². The summed E-state index contributed by atoms with van der Waals surface area (Å²) in [6.45, 7) is 2.58. The van der Waals surface area contributed by atoms with Crippen LogP contribution < -0.4 is 0 Å². The number of carbonyl (C=O) groups excluding carboxylic acids is 1. The van der Waals surface area contributed by atoms with Crippen molar-refractivity contribution in [2.45, 2.75) is 38.6 Å². The fourth-order valence-electron chi connectivity index (χ4n) is 3.79. The molecule has 1 aromatic heterocycles. The highest BCUT2D eigenvalue weighted by atomic mass is 16.2. The van der Waals surface area contributed by atoms with Crippen molar-refractivity contribution in [3.8, 4) is 0 Å². The van der Waals surface area contributed by atoms with Crippen molar-refractivity contribution in [3.05, 3.63) is 65.0 Å². The van der Waals surface area contributed by atoms with Crippen molar-refractivity contribution in [1.82, 2.24) is 14.9 Å². The van der Waals surface area contributed by atoms with Gasteiger partial charge in [-0.25, -0.2) is 4.98 Å². The quantitative estimate of drug-likeness (QED) is 0.786. The molecule has 2 aromatic carbocycles. The predicted octanol–water partition coefficient (Wildman–Crippen LogP) is 3.95. The zero-order valence-electron chi connectivity index (χ0n) is 14.7. The van der Waals surface area contributed by atoms with Crippen molar-refractivity contribution in [1.29, 1.82) is 0 Å². The van der Waals surface area contributed by atoms with Crippen LogP contribution in [-0.4, -0.2) is 27.8 Å². The second-order valence-corrected chi connectivity index (χ2v) is 7.09. The number of carbonyl (C=O) groups is 1. The summed E-state index contributed by atoms with van der Waals surface area (Å²) in [6.07, 6.45) is 2.73. The van der Waals surface area contributed by atoms with Crippen LogP contribution in [0.3, 0.4) is 0 Å². The molecule has 1 N–H and O–H groups in total. The third-order valence-electron chi connectivity index (χ3n) is 5.18. The van der Waals surface area contributed by atoms with Crippen LogP contribution in [0.25, 0.3) is 11.0 Å². The Morgan fingerprint density at radius 3 is 3.00 bits per heavy atom. The first-order valence-electron chi connectivity index (χ1n) is 8.87. The SMILES string of the molecule is Cc1ccc2nc(CN(C)C(=O)CC3CCc4ccccc43)[nH]c2c1. The molecule has 0 spiro atoms. The molecular weight excluding hydrogens is 310 g/mol. The molecule has 4 heteroatoms. The molecule has 25 heavy (non-hydrogen) atoms. The summed E-state index contributed by atoms with van der Waals surface area (Å²) in [5, 5.41) is 0. The lowest BCUT2D eigenvalue weighted by Gasteiger charge is -2.19. The lowest BCUT2D eigenvalue weighted by atomic mass is 9.97. The second-order valence-electron chi connectivity index (χ2n) is 7.09. The Bertz CT molecular complexity index is 928. The number of nitrogens with one attached hydrogen (secondary N) is 1. The summed E-state index contributed by atoms with van der Waals surface area (Å²) in [5.74, 6) is 1.37. The highest BCUT2D eigenvalue weighted by Crippen LogP contribution is 2.35. The Balaban J connectivity index is 1.43. The maximum absolute atomic E-state index is 12.7. The van der Waals surface area contributed by atoms with Crippen LogP contribution in [0.4, 0.5) is 0 Å². The molecule has 1 aliphatic rings. The number of H-pyrrole nitrogens is 1. The highest BCUT2D eigenvalue weighted by molar-refractivity contribution is 5.78. The minimum atomic E-state index is 0.179. The van der Waals surface area contributed by atoms with Gasteiger partial charge < -0.3 is 9.88 Å². The van der Waals surface area contributed by atoms with Gasteiger partial charge in [-0.05, 0) is 54.5 Å². The van der Waals surface area contributed by atoms with E-state index in [9.17, 15) is 4.79 Å². The van der Waals surface area contributed by atoms with Gasteiger partial charge in [0.2, 0.25) is 5.91 Å². The Labute approximate surface area is 147 Å². The van der Waals surface area contributed by atoms with E-state index < -0.39 is 0 Å². The normalized spacial score (nSPS) is 16.2. The van der Waals surface area contributed by atoms with Crippen LogP contribution in [-0.2, 0) is 17.8 Å². The maximum Gasteiger partial charge on any atom is 0.223 e. The van der Waals surface area contributed by atoms with Gasteiger partial charge in [0.05, 0.1) is 17.6 Å². The Morgan fingerprint density at radius 1 is 1.28 bits per heavy atom. The van der Waals surface area contributed by atoms with Gasteiger partial charge in [0.15, 0.2) is 0 Å². The fourth-order valence-corrected chi connectivity index (χ4v) is 3.79. The molecule has 1 unspecified atom stereocenters. The number of aryl methyl sites for hydroxylation is 2. The number of amides is 1. The van der Waals surface area contributed by atoms with Gasteiger partial charge in [0.25, 0.3) is 0 Å². The van der Waals surface area contributed by atoms with Crippen molar-refractivity contribution < 1.29 is 4.79 Å². The molecule has 128 valence electrons. The van der Waals surface area contributed by atoms with Crippen LogP contribution in [0, 0.1) is 6.92 Å². The van der Waals surface area contributed by atoms with Crippen LogP contribution in [0.2, 0.25) is 0 Å². The summed E-state index contributed by atoms with van der Waals surface area (Å²) < 4.78 is 0. The van der Waals surface area contributed by atoms with Gasteiger partial charge in [-0.3, -0.25) is 4.79 Å². The number of aromatic amines is 1. The molecule has 1 atom stereocenters. The van der Waals surface area contributed by atoms with E-state index in [-0.39, 0.29) is 5.91 Å². The van der Waals surface area contributed by atoms with Gasteiger partial charge in [0, 0.05) is 13.5 Å².